The number of carbonyl (C=O) groups is 1. The molecule has 1 N–H and O–H groups in total. The summed E-state index contributed by atoms with van der Waals surface area (Å²) < 4.78 is 12.7. The lowest BCUT2D eigenvalue weighted by molar-refractivity contribution is -0.571. The van der Waals surface area contributed by atoms with E-state index >= 15 is 0 Å². The van der Waals surface area contributed by atoms with Crippen molar-refractivity contribution >= 4 is 5.97 Å². The van der Waals surface area contributed by atoms with E-state index in [2.05, 4.69) is 13.8 Å². The lowest BCUT2D eigenvalue weighted by Gasteiger charge is -2.60. The van der Waals surface area contributed by atoms with Gasteiger partial charge in [-0.2, -0.15) is 0 Å². The van der Waals surface area contributed by atoms with Gasteiger partial charge in [-0.25, -0.2) is 9.78 Å². The first-order valence-corrected chi connectivity index (χ1v) is 9.77. The van der Waals surface area contributed by atoms with Crippen molar-refractivity contribution in [2.24, 2.45) is 23.7 Å². The van der Waals surface area contributed by atoms with Crippen LogP contribution in [0.25, 0.3) is 0 Å². The predicted molar refractivity (Wildman–Crippen MR) is 88.3 cm³/mol. The van der Waals surface area contributed by atoms with Crippen LogP contribution in [0.2, 0.25) is 0 Å². The van der Waals surface area contributed by atoms with Gasteiger partial charge in [0, 0.05) is 18.8 Å². The van der Waals surface area contributed by atoms with E-state index in [9.17, 15) is 4.79 Å². The van der Waals surface area contributed by atoms with Gasteiger partial charge < -0.3 is 14.6 Å². The van der Waals surface area contributed by atoms with Gasteiger partial charge in [0.2, 0.25) is 5.79 Å². The highest BCUT2D eigenvalue weighted by Gasteiger charge is 2.69. The first-order chi connectivity index (χ1) is 11.9. The van der Waals surface area contributed by atoms with E-state index in [1.807, 2.05) is 6.92 Å². The van der Waals surface area contributed by atoms with Crippen molar-refractivity contribution in [1.82, 2.24) is 0 Å². The number of aliphatic carboxylic acids is 1. The minimum atomic E-state index is -0.750. The van der Waals surface area contributed by atoms with Gasteiger partial charge in [0.25, 0.3) is 0 Å². The Morgan fingerprint density at radius 3 is 2.72 bits per heavy atom. The van der Waals surface area contributed by atoms with Crippen LogP contribution in [-0.4, -0.2) is 34.9 Å². The van der Waals surface area contributed by atoms with Crippen LogP contribution in [0.15, 0.2) is 0 Å². The predicted octanol–water partition coefficient (Wildman–Crippen LogP) is 3.49. The monoisotopic (exact) mass is 354 g/mol. The van der Waals surface area contributed by atoms with E-state index in [0.29, 0.717) is 30.1 Å². The van der Waals surface area contributed by atoms with E-state index in [-0.39, 0.29) is 12.5 Å². The first-order valence-electron chi connectivity index (χ1n) is 9.77. The molecule has 5 aliphatic rings. The van der Waals surface area contributed by atoms with Crippen LogP contribution in [0.3, 0.4) is 0 Å². The van der Waals surface area contributed by atoms with Gasteiger partial charge in [0.15, 0.2) is 11.9 Å². The summed E-state index contributed by atoms with van der Waals surface area (Å²) in [5.74, 6) is 0.0675. The van der Waals surface area contributed by atoms with E-state index in [4.69, 9.17) is 24.4 Å². The Balaban J connectivity index is 1.62. The molecule has 4 aliphatic heterocycles. The normalized spacial score (nSPS) is 51.6. The fourth-order valence-corrected chi connectivity index (χ4v) is 5.76. The molecule has 3 unspecified atom stereocenters. The van der Waals surface area contributed by atoms with Crippen molar-refractivity contribution in [3.8, 4) is 0 Å². The third kappa shape index (κ3) is 2.73. The second-order valence-electron chi connectivity index (χ2n) is 8.73. The summed E-state index contributed by atoms with van der Waals surface area (Å²) in [4.78, 5) is 22.7. The van der Waals surface area contributed by atoms with Crippen LogP contribution in [0, 0.1) is 23.7 Å². The zero-order chi connectivity index (χ0) is 17.8. The lowest BCUT2D eigenvalue weighted by Crippen LogP contribution is -2.70. The number of hydrogen-bond donors (Lipinski definition) is 1. The van der Waals surface area contributed by atoms with Gasteiger partial charge in [-0.3, -0.25) is 4.79 Å². The number of ether oxygens (including phenoxy) is 2. The Morgan fingerprint density at radius 2 is 1.96 bits per heavy atom. The minimum Gasteiger partial charge on any atom is -0.481 e. The van der Waals surface area contributed by atoms with Crippen LogP contribution in [0.5, 0.6) is 0 Å². The Morgan fingerprint density at radius 1 is 1.16 bits per heavy atom. The van der Waals surface area contributed by atoms with Gasteiger partial charge in [-0.05, 0) is 56.8 Å². The number of hydrogen-bond acceptors (Lipinski definition) is 5. The zero-order valence-corrected chi connectivity index (χ0v) is 15.4. The number of rotatable bonds is 4. The second kappa shape index (κ2) is 6.19. The van der Waals surface area contributed by atoms with Crippen molar-refractivity contribution < 1.29 is 29.1 Å². The highest BCUT2D eigenvalue weighted by Crippen LogP contribution is 2.60. The van der Waals surface area contributed by atoms with Gasteiger partial charge in [-0.15, -0.1) is 0 Å². The summed E-state index contributed by atoms with van der Waals surface area (Å²) in [5.41, 5.74) is -0.517. The van der Waals surface area contributed by atoms with Crippen LogP contribution in [0.1, 0.15) is 65.7 Å². The number of carboxylic acid groups (broad SMARTS) is 1. The molecule has 1 saturated carbocycles. The smallest absolute Gasteiger partial charge is 0.303 e. The summed E-state index contributed by atoms with van der Waals surface area (Å²) in [5, 5.41) is 8.92. The van der Waals surface area contributed by atoms with Crippen LogP contribution < -0.4 is 0 Å². The third-order valence-electron chi connectivity index (χ3n) is 7.17. The van der Waals surface area contributed by atoms with Gasteiger partial charge in [0.05, 0.1) is 6.10 Å². The van der Waals surface area contributed by atoms with Gasteiger partial charge in [0.1, 0.15) is 0 Å². The molecule has 142 valence electrons. The van der Waals surface area contributed by atoms with Crippen molar-refractivity contribution in [1.29, 1.82) is 0 Å². The summed E-state index contributed by atoms with van der Waals surface area (Å²) in [6, 6.07) is 0. The van der Waals surface area contributed by atoms with Crippen molar-refractivity contribution in [2.45, 2.75) is 89.5 Å². The highest BCUT2D eigenvalue weighted by atomic mass is 17.3. The standard InChI is InChI=1S/C19H30O6/c1-11-7-8-14-12(2)15(5-4-6-16(20)21)22-17-19(14)13(11)9-10-18(3,23-17)24-25-19/h11-15,17H,4-10H2,1-3H3,(H,20,21)/t11-,12-,13?,14?,15-,17-,18-,19?/m1/s1. The summed E-state index contributed by atoms with van der Waals surface area (Å²) in [6.07, 6.45) is 5.28. The molecule has 0 amide bonds. The maximum Gasteiger partial charge on any atom is 0.303 e. The SMILES string of the molecule is C[C@@H]1CCC2[C@@H](C)[C@@H](CCCC(=O)O)O[C@@H]3O[C@@]4(C)CCC1C23OO4. The Bertz CT molecular complexity index is 538. The van der Waals surface area contributed by atoms with E-state index in [1.165, 1.54) is 6.42 Å². The van der Waals surface area contributed by atoms with Gasteiger partial charge >= 0.3 is 5.97 Å². The molecule has 1 spiro atoms. The second-order valence-corrected chi connectivity index (χ2v) is 8.73. The average Bonchev–Trinajstić information content (AvgIpc) is 2.78. The molecule has 5 fully saturated rings. The average molecular weight is 354 g/mol. The van der Waals surface area contributed by atoms with Crippen molar-refractivity contribution in [3.63, 3.8) is 0 Å². The molecule has 0 radical (unpaired) electrons. The van der Waals surface area contributed by atoms with Crippen LogP contribution in [-0.2, 0) is 24.0 Å². The van der Waals surface area contributed by atoms with Crippen molar-refractivity contribution in [3.05, 3.63) is 0 Å². The summed E-state index contributed by atoms with van der Waals surface area (Å²) in [7, 11) is 0. The largest absolute Gasteiger partial charge is 0.481 e. The zero-order valence-electron chi connectivity index (χ0n) is 15.4. The molecule has 6 heteroatoms. The molecule has 4 heterocycles. The molecule has 25 heavy (non-hydrogen) atoms. The fourth-order valence-electron chi connectivity index (χ4n) is 5.76. The Labute approximate surface area is 149 Å². The van der Waals surface area contributed by atoms with E-state index in [1.54, 1.807) is 0 Å². The number of fused-ring (bicyclic) bond motifs is 2. The molecule has 4 saturated heterocycles. The van der Waals surface area contributed by atoms with Crippen LogP contribution >= 0.6 is 0 Å². The number of carboxylic acids is 1. The minimum absolute atomic E-state index is 0.0144. The van der Waals surface area contributed by atoms with Gasteiger partial charge in [-0.1, -0.05) is 13.8 Å². The molecule has 6 nitrogen and oxygen atoms in total. The molecular weight excluding hydrogens is 324 g/mol. The quantitative estimate of drug-likeness (QED) is 0.779. The molecule has 1 aliphatic carbocycles. The summed E-state index contributed by atoms with van der Waals surface area (Å²) >= 11 is 0. The van der Waals surface area contributed by atoms with Crippen LogP contribution in [0.4, 0.5) is 0 Å². The fraction of sp³-hybridized carbons (Fsp3) is 0.947. The molecule has 0 aromatic rings. The maximum atomic E-state index is 10.8. The topological polar surface area (TPSA) is 74.2 Å². The molecular formula is C19H30O6. The molecule has 0 aromatic heterocycles. The van der Waals surface area contributed by atoms with Crippen molar-refractivity contribution in [2.75, 3.05) is 0 Å². The third-order valence-corrected chi connectivity index (χ3v) is 7.17. The Kier molecular flexibility index (Phi) is 4.38. The summed E-state index contributed by atoms with van der Waals surface area (Å²) in [6.45, 7) is 6.45. The molecule has 2 bridgehead atoms. The van der Waals surface area contributed by atoms with E-state index < -0.39 is 23.6 Å². The molecule has 8 atom stereocenters. The Hall–Kier alpha value is -0.690. The van der Waals surface area contributed by atoms with E-state index in [0.717, 1.165) is 25.7 Å². The lowest BCUT2D eigenvalue weighted by atomic mass is 9.57. The molecule has 5 rings (SSSR count). The highest BCUT2D eigenvalue weighted by molar-refractivity contribution is 5.66. The maximum absolute atomic E-state index is 10.8. The molecule has 0 aromatic carbocycles. The first kappa shape index (κ1) is 17.7.